The molecule has 0 bridgehead atoms. The van der Waals surface area contributed by atoms with Crippen molar-refractivity contribution in [1.82, 2.24) is 5.32 Å². The Bertz CT molecular complexity index is 1550. The largest absolute Gasteiger partial charge is 0.507 e. The fourth-order valence-corrected chi connectivity index (χ4v) is 4.29. The van der Waals surface area contributed by atoms with Crippen molar-refractivity contribution in [1.29, 1.82) is 0 Å². The van der Waals surface area contributed by atoms with Gasteiger partial charge in [0.15, 0.2) is 0 Å². The van der Waals surface area contributed by atoms with Crippen molar-refractivity contribution >= 4 is 11.9 Å². The Kier molecular flexibility index (Phi) is 8.60. The van der Waals surface area contributed by atoms with Gasteiger partial charge in [-0.3, -0.25) is 4.79 Å². The third-order valence-corrected chi connectivity index (χ3v) is 6.45. The first kappa shape index (κ1) is 30.2. The quantitative estimate of drug-likeness (QED) is 0.176. The van der Waals surface area contributed by atoms with Crippen LogP contribution in [0, 0.1) is 0 Å². The number of amides is 1. The minimum Gasteiger partial charge on any atom is -0.507 e. The maximum absolute atomic E-state index is 13.3. The van der Waals surface area contributed by atoms with Gasteiger partial charge in [-0.05, 0) is 58.1 Å². The van der Waals surface area contributed by atoms with Crippen LogP contribution >= 0.6 is 0 Å². The summed E-state index contributed by atoms with van der Waals surface area (Å²) in [7, 11) is 1.12. The number of carbonyl (C=O) groups is 2. The second-order valence-corrected chi connectivity index (χ2v) is 9.34. The number of methoxy groups -OCH3 is 1. The van der Waals surface area contributed by atoms with Crippen molar-refractivity contribution in [3.8, 4) is 28.0 Å². The van der Waals surface area contributed by atoms with E-state index < -0.39 is 58.3 Å². The van der Waals surface area contributed by atoms with Crippen molar-refractivity contribution in [2.45, 2.75) is 24.8 Å². The second kappa shape index (κ2) is 12.0. The molecule has 42 heavy (non-hydrogen) atoms. The number of hydrogen-bond donors (Lipinski definition) is 2. The number of rotatable bonds is 7. The van der Waals surface area contributed by atoms with E-state index in [1.807, 2.05) is 42.5 Å². The normalized spacial score (nSPS) is 12.5. The van der Waals surface area contributed by atoms with Gasteiger partial charge in [0.25, 0.3) is 5.91 Å². The monoisotopic (exact) mass is 587 g/mol. The minimum atomic E-state index is -5.07. The molecule has 4 aromatic carbocycles. The van der Waals surface area contributed by atoms with Crippen LogP contribution in [0.3, 0.4) is 0 Å². The van der Waals surface area contributed by atoms with Crippen LogP contribution in [0.4, 0.5) is 26.3 Å². The zero-order valence-corrected chi connectivity index (χ0v) is 21.9. The number of esters is 1. The molecule has 5 nitrogen and oxygen atoms in total. The van der Waals surface area contributed by atoms with Gasteiger partial charge in [-0.25, -0.2) is 4.79 Å². The van der Waals surface area contributed by atoms with E-state index >= 15 is 0 Å². The molecule has 2 N–H and O–H groups in total. The van der Waals surface area contributed by atoms with Gasteiger partial charge in [0.2, 0.25) is 0 Å². The van der Waals surface area contributed by atoms with E-state index in [9.17, 15) is 41.0 Å². The molecule has 0 spiro atoms. The van der Waals surface area contributed by atoms with Gasteiger partial charge in [0, 0.05) is 6.42 Å². The van der Waals surface area contributed by atoms with Crippen molar-refractivity contribution in [2.75, 3.05) is 7.11 Å². The zero-order chi connectivity index (χ0) is 30.7. The number of ether oxygens (including phenoxy) is 1. The Balaban J connectivity index is 1.61. The molecule has 0 saturated carbocycles. The Labute approximate surface area is 236 Å². The highest BCUT2D eigenvalue weighted by molar-refractivity contribution is 6.00. The van der Waals surface area contributed by atoms with Crippen LogP contribution in [0.1, 0.15) is 27.0 Å². The van der Waals surface area contributed by atoms with Gasteiger partial charge in [0.1, 0.15) is 11.8 Å². The van der Waals surface area contributed by atoms with Gasteiger partial charge in [0.05, 0.1) is 23.8 Å². The summed E-state index contributed by atoms with van der Waals surface area (Å²) in [6, 6.07) is 19.5. The topological polar surface area (TPSA) is 75.6 Å². The summed E-state index contributed by atoms with van der Waals surface area (Å²) in [5, 5.41) is 12.8. The summed E-state index contributed by atoms with van der Waals surface area (Å²) in [6.45, 7) is 0. The standard InChI is InChI=1S/C31H23F6NO4/c1-42-29(41)26(13-18-7-9-20(10-8-18)19-5-3-2-4-6-19)38-28(40)25-16-21(11-12-27(25)39)22-14-23(30(32,33)34)17-24(15-22)31(35,36)37/h2-12,14-17,26,39H,13H2,1H3,(H,38,40). The molecule has 0 aliphatic heterocycles. The molecule has 4 aromatic rings. The van der Waals surface area contributed by atoms with Crippen molar-refractivity contribution in [2.24, 2.45) is 0 Å². The van der Waals surface area contributed by atoms with Crippen LogP contribution in [0.25, 0.3) is 22.3 Å². The third-order valence-electron chi connectivity index (χ3n) is 6.45. The van der Waals surface area contributed by atoms with E-state index in [0.29, 0.717) is 17.7 Å². The first-order valence-corrected chi connectivity index (χ1v) is 12.4. The number of carbonyl (C=O) groups excluding carboxylic acids is 2. The van der Waals surface area contributed by atoms with Gasteiger partial charge in [-0.15, -0.1) is 0 Å². The van der Waals surface area contributed by atoms with E-state index in [2.05, 4.69) is 5.32 Å². The Morgan fingerprint density at radius 2 is 1.29 bits per heavy atom. The first-order valence-electron chi connectivity index (χ1n) is 12.4. The van der Waals surface area contributed by atoms with Crippen LogP contribution in [0.5, 0.6) is 5.75 Å². The highest BCUT2D eigenvalue weighted by Crippen LogP contribution is 2.39. The number of phenols is 1. The number of aromatic hydroxyl groups is 1. The van der Waals surface area contributed by atoms with Crippen LogP contribution < -0.4 is 5.32 Å². The number of alkyl halides is 6. The number of hydrogen-bond acceptors (Lipinski definition) is 4. The third kappa shape index (κ3) is 7.09. The van der Waals surface area contributed by atoms with Crippen molar-refractivity contribution in [3.05, 3.63) is 113 Å². The van der Waals surface area contributed by atoms with Gasteiger partial charge in [-0.1, -0.05) is 60.7 Å². The fourth-order valence-electron chi connectivity index (χ4n) is 4.29. The molecule has 0 heterocycles. The van der Waals surface area contributed by atoms with Crippen molar-refractivity contribution < 1.29 is 45.8 Å². The highest BCUT2D eigenvalue weighted by Gasteiger charge is 2.37. The summed E-state index contributed by atoms with van der Waals surface area (Å²) in [5.41, 5.74) is -1.65. The van der Waals surface area contributed by atoms with Crippen molar-refractivity contribution in [3.63, 3.8) is 0 Å². The van der Waals surface area contributed by atoms with Gasteiger partial charge in [-0.2, -0.15) is 26.3 Å². The lowest BCUT2D eigenvalue weighted by atomic mass is 9.97. The SMILES string of the molecule is COC(=O)C(Cc1ccc(-c2ccccc2)cc1)NC(=O)c1cc(-c2cc(C(F)(F)F)cc(C(F)(F)F)c2)ccc1O. The van der Waals surface area contributed by atoms with E-state index in [0.717, 1.165) is 36.4 Å². The van der Waals surface area contributed by atoms with Gasteiger partial charge >= 0.3 is 18.3 Å². The lowest BCUT2D eigenvalue weighted by Gasteiger charge is -2.18. The van der Waals surface area contributed by atoms with E-state index in [-0.39, 0.29) is 18.1 Å². The maximum atomic E-state index is 13.3. The molecule has 0 aliphatic carbocycles. The van der Waals surface area contributed by atoms with E-state index in [1.165, 1.54) is 0 Å². The molecular formula is C31H23F6NO4. The number of halogens is 6. The van der Waals surface area contributed by atoms with Crippen LogP contribution in [-0.2, 0) is 28.3 Å². The average Bonchev–Trinajstić information content (AvgIpc) is 2.96. The molecule has 1 unspecified atom stereocenters. The summed E-state index contributed by atoms with van der Waals surface area (Å²) >= 11 is 0. The zero-order valence-electron chi connectivity index (χ0n) is 21.9. The summed E-state index contributed by atoms with van der Waals surface area (Å²) in [6.07, 6.45) is -10.1. The number of phenolic OH excluding ortho intramolecular Hbond substituents is 1. The molecule has 1 atom stereocenters. The molecule has 0 fully saturated rings. The summed E-state index contributed by atoms with van der Waals surface area (Å²) in [4.78, 5) is 25.6. The molecule has 0 radical (unpaired) electrons. The molecule has 218 valence electrons. The first-order chi connectivity index (χ1) is 19.8. The van der Waals surface area contributed by atoms with Crippen LogP contribution in [0.15, 0.2) is 91.0 Å². The van der Waals surface area contributed by atoms with Gasteiger partial charge < -0.3 is 15.2 Å². The number of benzene rings is 4. The lowest BCUT2D eigenvalue weighted by Crippen LogP contribution is -2.43. The predicted molar refractivity (Wildman–Crippen MR) is 142 cm³/mol. The lowest BCUT2D eigenvalue weighted by molar-refractivity contribution is -0.144. The molecule has 0 aliphatic rings. The smallest absolute Gasteiger partial charge is 0.416 e. The predicted octanol–water partition coefficient (Wildman–Crippen LogP) is 7.28. The summed E-state index contributed by atoms with van der Waals surface area (Å²) in [5.74, 6) is -2.40. The summed E-state index contributed by atoms with van der Waals surface area (Å²) < 4.78 is 84.9. The molecule has 0 aromatic heterocycles. The van der Waals surface area contributed by atoms with Crippen LogP contribution in [-0.4, -0.2) is 30.1 Å². The Hall–Kier alpha value is -4.80. The molecule has 0 saturated heterocycles. The molecule has 11 heteroatoms. The second-order valence-electron chi connectivity index (χ2n) is 9.34. The van der Waals surface area contributed by atoms with Crippen LogP contribution in [0.2, 0.25) is 0 Å². The fraction of sp³-hybridized carbons (Fsp3) is 0.161. The highest BCUT2D eigenvalue weighted by atomic mass is 19.4. The number of nitrogens with one attached hydrogen (secondary N) is 1. The molecule has 4 rings (SSSR count). The minimum absolute atomic E-state index is 0.00347. The molecule has 1 amide bonds. The van der Waals surface area contributed by atoms with E-state index in [4.69, 9.17) is 4.74 Å². The van der Waals surface area contributed by atoms with E-state index in [1.54, 1.807) is 12.1 Å². The maximum Gasteiger partial charge on any atom is 0.416 e. The Morgan fingerprint density at radius 3 is 1.83 bits per heavy atom. The Morgan fingerprint density at radius 1 is 0.738 bits per heavy atom. The average molecular weight is 588 g/mol. The molecular weight excluding hydrogens is 564 g/mol.